The molecule has 3 heterocycles. The molecule has 1 aliphatic heterocycles. The number of carbonyl (C=O) groups is 1. The number of hydrogen-bond acceptors (Lipinski definition) is 6. The number of morpholine rings is 1. The van der Waals surface area contributed by atoms with Crippen molar-refractivity contribution in [3.8, 4) is 0 Å². The molecule has 2 aromatic heterocycles. The van der Waals surface area contributed by atoms with Crippen molar-refractivity contribution < 1.29 is 18.3 Å². The molecule has 0 radical (unpaired) electrons. The number of fused-ring (bicyclic) bond motifs is 1. The van der Waals surface area contributed by atoms with Gasteiger partial charge in [0.15, 0.2) is 0 Å². The average Bonchev–Trinajstić information content (AvgIpc) is 3.00. The summed E-state index contributed by atoms with van der Waals surface area (Å²) in [6, 6.07) is 5.59. The Labute approximate surface area is 148 Å². The van der Waals surface area contributed by atoms with Gasteiger partial charge in [0, 0.05) is 18.8 Å². The summed E-state index contributed by atoms with van der Waals surface area (Å²) in [6.07, 6.45) is 1.43. The van der Waals surface area contributed by atoms with Crippen LogP contribution in [0.1, 0.15) is 16.1 Å². The van der Waals surface area contributed by atoms with E-state index in [9.17, 15) is 9.18 Å². The largest absolute Gasteiger partial charge is 0.442 e. The van der Waals surface area contributed by atoms with Crippen molar-refractivity contribution >= 4 is 28.5 Å². The van der Waals surface area contributed by atoms with Gasteiger partial charge in [0.2, 0.25) is 5.71 Å². The zero-order valence-electron chi connectivity index (χ0n) is 14.2. The van der Waals surface area contributed by atoms with Crippen LogP contribution < -0.4 is 10.2 Å². The Kier molecular flexibility index (Phi) is 4.26. The Morgan fingerprint density at radius 1 is 1.19 bits per heavy atom. The molecule has 4 rings (SSSR count). The number of anilines is 2. The fourth-order valence-electron chi connectivity index (χ4n) is 3.04. The summed E-state index contributed by atoms with van der Waals surface area (Å²) >= 11 is 0. The van der Waals surface area contributed by atoms with Crippen molar-refractivity contribution in [1.82, 2.24) is 9.97 Å². The van der Waals surface area contributed by atoms with Crippen LogP contribution in [0.5, 0.6) is 0 Å². The molecule has 1 N–H and O–H groups in total. The minimum atomic E-state index is -0.365. The van der Waals surface area contributed by atoms with Crippen LogP contribution in [0.3, 0.4) is 0 Å². The lowest BCUT2D eigenvalue weighted by atomic mass is 10.1. The van der Waals surface area contributed by atoms with Gasteiger partial charge in [-0.1, -0.05) is 0 Å². The standard InChI is InChI=1S/C18H17FN4O3/c1-11-14(17(24)22-13-4-2-12(19)3-5-13)15-16(20-10-21-18(15)26-11)23-6-8-25-9-7-23/h2-5,10H,6-9H2,1H3,(H,22,24). The van der Waals surface area contributed by atoms with Crippen LogP contribution in [0, 0.1) is 12.7 Å². The van der Waals surface area contributed by atoms with Gasteiger partial charge >= 0.3 is 0 Å². The minimum Gasteiger partial charge on any atom is -0.442 e. The second kappa shape index (κ2) is 6.72. The van der Waals surface area contributed by atoms with Crippen molar-refractivity contribution in [3.63, 3.8) is 0 Å². The van der Waals surface area contributed by atoms with Crippen molar-refractivity contribution in [2.45, 2.75) is 6.92 Å². The molecule has 0 aliphatic carbocycles. The van der Waals surface area contributed by atoms with E-state index < -0.39 is 0 Å². The Morgan fingerprint density at radius 3 is 2.65 bits per heavy atom. The van der Waals surface area contributed by atoms with Crippen LogP contribution in [-0.4, -0.2) is 42.2 Å². The van der Waals surface area contributed by atoms with Crippen LogP contribution in [-0.2, 0) is 4.74 Å². The highest BCUT2D eigenvalue weighted by Crippen LogP contribution is 2.32. The number of nitrogens with one attached hydrogen (secondary N) is 1. The third-order valence-electron chi connectivity index (χ3n) is 4.28. The maximum Gasteiger partial charge on any atom is 0.260 e. The number of furan rings is 1. The van der Waals surface area contributed by atoms with E-state index in [2.05, 4.69) is 20.2 Å². The number of rotatable bonds is 3. The van der Waals surface area contributed by atoms with Crippen molar-refractivity contribution in [2.75, 3.05) is 36.5 Å². The second-order valence-corrected chi connectivity index (χ2v) is 5.97. The third kappa shape index (κ3) is 2.99. The molecule has 0 bridgehead atoms. The summed E-state index contributed by atoms with van der Waals surface area (Å²) in [6.45, 7) is 4.26. The zero-order valence-corrected chi connectivity index (χ0v) is 14.2. The van der Waals surface area contributed by atoms with E-state index in [0.29, 0.717) is 60.2 Å². The molecule has 1 aromatic carbocycles. The molecule has 26 heavy (non-hydrogen) atoms. The molecule has 1 amide bonds. The maximum absolute atomic E-state index is 13.1. The number of ether oxygens (including phenoxy) is 1. The van der Waals surface area contributed by atoms with E-state index in [4.69, 9.17) is 9.15 Å². The van der Waals surface area contributed by atoms with Crippen LogP contribution in [0.25, 0.3) is 11.1 Å². The summed E-state index contributed by atoms with van der Waals surface area (Å²) in [5, 5.41) is 3.35. The van der Waals surface area contributed by atoms with Gasteiger partial charge in [-0.25, -0.2) is 14.4 Å². The lowest BCUT2D eigenvalue weighted by Gasteiger charge is -2.28. The lowest BCUT2D eigenvalue weighted by Crippen LogP contribution is -2.37. The fraction of sp³-hybridized carbons (Fsp3) is 0.278. The molecule has 1 saturated heterocycles. The number of nitrogens with zero attached hydrogens (tertiary/aromatic N) is 3. The van der Waals surface area contributed by atoms with Crippen molar-refractivity contribution in [1.29, 1.82) is 0 Å². The number of aryl methyl sites for hydroxylation is 1. The molecular formula is C18H17FN4O3. The third-order valence-corrected chi connectivity index (χ3v) is 4.28. The summed E-state index contributed by atoms with van der Waals surface area (Å²) in [4.78, 5) is 23.4. The first-order valence-corrected chi connectivity index (χ1v) is 8.27. The molecule has 0 unspecified atom stereocenters. The van der Waals surface area contributed by atoms with Crippen LogP contribution in [0.2, 0.25) is 0 Å². The van der Waals surface area contributed by atoms with Gasteiger partial charge in [0.1, 0.15) is 23.7 Å². The van der Waals surface area contributed by atoms with E-state index in [0.717, 1.165) is 0 Å². The fourth-order valence-corrected chi connectivity index (χ4v) is 3.04. The molecule has 8 heteroatoms. The Bertz CT molecular complexity index is 949. The van der Waals surface area contributed by atoms with Gasteiger partial charge in [-0.05, 0) is 31.2 Å². The zero-order chi connectivity index (χ0) is 18.1. The number of amides is 1. The summed E-state index contributed by atoms with van der Waals surface area (Å²) in [5.74, 6) is 0.391. The van der Waals surface area contributed by atoms with Gasteiger partial charge in [-0.3, -0.25) is 4.79 Å². The molecule has 3 aromatic rings. The summed E-state index contributed by atoms with van der Waals surface area (Å²) in [5.41, 5.74) is 1.24. The first kappa shape index (κ1) is 16.5. The second-order valence-electron chi connectivity index (χ2n) is 5.97. The quantitative estimate of drug-likeness (QED) is 0.777. The first-order chi connectivity index (χ1) is 12.6. The van der Waals surface area contributed by atoms with Gasteiger partial charge in [0.25, 0.3) is 5.91 Å². The SMILES string of the molecule is Cc1oc2ncnc(N3CCOCC3)c2c1C(=O)Nc1ccc(F)cc1. The average molecular weight is 356 g/mol. The summed E-state index contributed by atoms with van der Waals surface area (Å²) < 4.78 is 24.1. The van der Waals surface area contributed by atoms with Gasteiger partial charge in [0.05, 0.1) is 24.2 Å². The smallest absolute Gasteiger partial charge is 0.260 e. The Balaban J connectivity index is 1.75. The van der Waals surface area contributed by atoms with Gasteiger partial charge in [-0.2, -0.15) is 0 Å². The molecule has 134 valence electrons. The van der Waals surface area contributed by atoms with Gasteiger partial charge in [-0.15, -0.1) is 0 Å². The van der Waals surface area contributed by atoms with Crippen LogP contribution >= 0.6 is 0 Å². The number of halogens is 1. The molecule has 1 aliphatic rings. The Morgan fingerprint density at radius 2 is 1.92 bits per heavy atom. The lowest BCUT2D eigenvalue weighted by molar-refractivity contribution is 0.102. The first-order valence-electron chi connectivity index (χ1n) is 8.27. The molecule has 1 fully saturated rings. The van der Waals surface area contributed by atoms with Crippen LogP contribution in [0.15, 0.2) is 35.0 Å². The molecular weight excluding hydrogens is 339 g/mol. The highest BCUT2D eigenvalue weighted by atomic mass is 19.1. The summed E-state index contributed by atoms with van der Waals surface area (Å²) in [7, 11) is 0. The van der Waals surface area contributed by atoms with Crippen molar-refractivity contribution in [2.24, 2.45) is 0 Å². The normalized spacial score (nSPS) is 14.6. The molecule has 7 nitrogen and oxygen atoms in total. The monoisotopic (exact) mass is 356 g/mol. The van der Waals surface area contributed by atoms with Gasteiger partial charge < -0.3 is 19.4 Å². The predicted molar refractivity (Wildman–Crippen MR) is 93.9 cm³/mol. The highest BCUT2D eigenvalue weighted by molar-refractivity contribution is 6.15. The number of hydrogen-bond donors (Lipinski definition) is 1. The number of aromatic nitrogens is 2. The topological polar surface area (TPSA) is 80.5 Å². The van der Waals surface area contributed by atoms with Crippen molar-refractivity contribution in [3.05, 3.63) is 47.7 Å². The molecule has 0 atom stereocenters. The minimum absolute atomic E-state index is 0.350. The predicted octanol–water partition coefficient (Wildman–Crippen LogP) is 2.76. The molecule has 0 spiro atoms. The van der Waals surface area contributed by atoms with Crippen LogP contribution in [0.4, 0.5) is 15.9 Å². The maximum atomic E-state index is 13.1. The van der Waals surface area contributed by atoms with E-state index in [1.165, 1.54) is 30.6 Å². The Hall–Kier alpha value is -3.00. The van der Waals surface area contributed by atoms with E-state index in [1.54, 1.807) is 6.92 Å². The van der Waals surface area contributed by atoms with E-state index >= 15 is 0 Å². The molecule has 0 saturated carbocycles. The van der Waals surface area contributed by atoms with E-state index in [-0.39, 0.29) is 11.7 Å². The highest BCUT2D eigenvalue weighted by Gasteiger charge is 2.26. The van der Waals surface area contributed by atoms with E-state index in [1.807, 2.05) is 0 Å². The number of benzene rings is 1. The number of carbonyl (C=O) groups excluding carboxylic acids is 1.